The number of aromatic amines is 1. The number of hydrogen-bond donors (Lipinski definition) is 1. The van der Waals surface area contributed by atoms with Crippen molar-refractivity contribution in [3.05, 3.63) is 5.82 Å². The molecule has 1 aromatic rings. The van der Waals surface area contributed by atoms with E-state index in [4.69, 9.17) is 0 Å². The number of rotatable bonds is 2. The van der Waals surface area contributed by atoms with Gasteiger partial charge in [0, 0.05) is 11.8 Å². The van der Waals surface area contributed by atoms with Crippen LogP contribution in [0.1, 0.15) is 5.82 Å². The van der Waals surface area contributed by atoms with Gasteiger partial charge in [0.1, 0.15) is 0 Å². The fraction of sp³-hybridized carbons (Fsp3) is 0.333. The Labute approximate surface area is 51.3 Å². The van der Waals surface area contributed by atoms with Crippen molar-refractivity contribution in [2.45, 2.75) is 6.42 Å². The van der Waals surface area contributed by atoms with Gasteiger partial charge in [0.05, 0.1) is 0 Å². The second-order valence-corrected chi connectivity index (χ2v) is 1.46. The van der Waals surface area contributed by atoms with Crippen molar-refractivity contribution in [3.8, 4) is 0 Å². The van der Waals surface area contributed by atoms with E-state index in [1.807, 2.05) is 0 Å². The molecule has 41 valence electrons. The van der Waals surface area contributed by atoms with E-state index in [0.717, 1.165) is 0 Å². The van der Waals surface area contributed by atoms with Crippen LogP contribution in [0, 0.1) is 0 Å². The number of aromatic nitrogens is 4. The van der Waals surface area contributed by atoms with Gasteiger partial charge in [-0.3, -0.25) is 0 Å². The molecule has 5 heteroatoms. The molecule has 0 saturated carbocycles. The van der Waals surface area contributed by atoms with Crippen LogP contribution in [0.2, 0.25) is 0 Å². The number of thiocarbonyl (C=S) groups is 1. The fourth-order valence-corrected chi connectivity index (χ4v) is 0.459. The highest BCUT2D eigenvalue weighted by atomic mass is 32.1. The molecule has 0 saturated heterocycles. The zero-order valence-electron chi connectivity index (χ0n) is 3.96. The molecule has 0 spiro atoms. The normalized spacial score (nSPS) is 9.00. The molecule has 1 aromatic heterocycles. The first-order valence-electron chi connectivity index (χ1n) is 2.01. The Hall–Kier alpha value is -0.840. The SMILES string of the molecule is S=[C]Cc1nnn[nH]1. The Kier molecular flexibility index (Phi) is 1.63. The summed E-state index contributed by atoms with van der Waals surface area (Å²) in [4.78, 5) is 0. The van der Waals surface area contributed by atoms with Gasteiger partial charge in [-0.05, 0) is 10.4 Å². The monoisotopic (exact) mass is 127 g/mol. The molecule has 0 amide bonds. The summed E-state index contributed by atoms with van der Waals surface area (Å²) < 4.78 is 0. The van der Waals surface area contributed by atoms with Crippen LogP contribution in [0.4, 0.5) is 0 Å². The van der Waals surface area contributed by atoms with Crippen LogP contribution < -0.4 is 0 Å². The third-order valence-corrected chi connectivity index (χ3v) is 0.773. The van der Waals surface area contributed by atoms with E-state index in [9.17, 15) is 0 Å². The Morgan fingerprint density at radius 2 is 2.62 bits per heavy atom. The smallest absolute Gasteiger partial charge is 0.153 e. The van der Waals surface area contributed by atoms with Crippen molar-refractivity contribution in [1.82, 2.24) is 20.6 Å². The van der Waals surface area contributed by atoms with E-state index in [1.54, 1.807) is 0 Å². The maximum absolute atomic E-state index is 4.43. The standard InChI is InChI=1S/C3H3N4S/c8-2-1-3-4-6-7-5-3/h1H2,(H,4,5,6,7). The quantitative estimate of drug-likeness (QED) is 0.550. The van der Waals surface area contributed by atoms with Crippen molar-refractivity contribution >= 4 is 17.6 Å². The molecule has 0 aliphatic rings. The molecular formula is C3H3N4S. The van der Waals surface area contributed by atoms with E-state index >= 15 is 0 Å². The average molecular weight is 127 g/mol. The third kappa shape index (κ3) is 1.06. The first-order chi connectivity index (χ1) is 3.93. The lowest BCUT2D eigenvalue weighted by Crippen LogP contribution is -1.86. The van der Waals surface area contributed by atoms with Gasteiger partial charge in [-0.1, -0.05) is 12.2 Å². The van der Waals surface area contributed by atoms with E-state index < -0.39 is 0 Å². The Morgan fingerprint density at radius 3 is 3.12 bits per heavy atom. The van der Waals surface area contributed by atoms with Gasteiger partial charge < -0.3 is 0 Å². The summed E-state index contributed by atoms with van der Waals surface area (Å²) in [5.74, 6) is 0.653. The number of tetrazole rings is 1. The summed E-state index contributed by atoms with van der Waals surface area (Å²) in [6, 6.07) is 0. The number of nitrogens with zero attached hydrogens (tertiary/aromatic N) is 3. The zero-order chi connectivity index (χ0) is 5.82. The Balaban J connectivity index is 2.62. The minimum atomic E-state index is 0.502. The zero-order valence-corrected chi connectivity index (χ0v) is 4.77. The van der Waals surface area contributed by atoms with Gasteiger partial charge in [-0.2, -0.15) is 0 Å². The van der Waals surface area contributed by atoms with Gasteiger partial charge in [-0.15, -0.1) is 5.10 Å². The molecule has 1 N–H and O–H groups in total. The molecule has 0 unspecified atom stereocenters. The second kappa shape index (κ2) is 2.46. The van der Waals surface area contributed by atoms with Crippen molar-refractivity contribution < 1.29 is 0 Å². The van der Waals surface area contributed by atoms with E-state index in [-0.39, 0.29) is 0 Å². The van der Waals surface area contributed by atoms with Gasteiger partial charge in [0.2, 0.25) is 0 Å². The molecule has 0 atom stereocenters. The van der Waals surface area contributed by atoms with Crippen LogP contribution in [-0.4, -0.2) is 26.0 Å². The predicted molar refractivity (Wildman–Crippen MR) is 30.5 cm³/mol. The Morgan fingerprint density at radius 1 is 1.75 bits per heavy atom. The van der Waals surface area contributed by atoms with Crippen LogP contribution in [0.3, 0.4) is 0 Å². The van der Waals surface area contributed by atoms with Gasteiger partial charge in [-0.25, -0.2) is 5.10 Å². The summed E-state index contributed by atoms with van der Waals surface area (Å²) in [6.45, 7) is 0. The number of nitrogens with one attached hydrogen (secondary N) is 1. The van der Waals surface area contributed by atoms with E-state index in [2.05, 4.69) is 38.2 Å². The van der Waals surface area contributed by atoms with Crippen LogP contribution in [0.25, 0.3) is 0 Å². The van der Waals surface area contributed by atoms with Crippen molar-refractivity contribution in [3.63, 3.8) is 0 Å². The number of hydrogen-bond acceptors (Lipinski definition) is 4. The molecule has 1 heterocycles. The lowest BCUT2D eigenvalue weighted by Gasteiger charge is -1.75. The van der Waals surface area contributed by atoms with E-state index in [1.165, 1.54) is 0 Å². The van der Waals surface area contributed by atoms with Crippen LogP contribution in [0.5, 0.6) is 0 Å². The first kappa shape index (κ1) is 5.30. The summed E-state index contributed by atoms with van der Waals surface area (Å²) in [5, 5.41) is 15.2. The summed E-state index contributed by atoms with van der Waals surface area (Å²) >= 11 is 4.43. The summed E-state index contributed by atoms with van der Waals surface area (Å²) in [7, 11) is 0. The van der Waals surface area contributed by atoms with Crippen LogP contribution >= 0.6 is 12.2 Å². The highest BCUT2D eigenvalue weighted by Crippen LogP contribution is 1.79. The highest BCUT2D eigenvalue weighted by molar-refractivity contribution is 7.78. The summed E-state index contributed by atoms with van der Waals surface area (Å²) in [5.41, 5.74) is 0. The predicted octanol–water partition coefficient (Wildman–Crippen LogP) is -0.381. The average Bonchev–Trinajstić information content (AvgIpc) is 2.19. The molecule has 1 rings (SSSR count). The topological polar surface area (TPSA) is 54.5 Å². The largest absolute Gasteiger partial charge is 0.243 e. The highest BCUT2D eigenvalue weighted by Gasteiger charge is 1.89. The molecule has 0 aliphatic carbocycles. The van der Waals surface area contributed by atoms with Gasteiger partial charge in [0.25, 0.3) is 0 Å². The van der Waals surface area contributed by atoms with Gasteiger partial charge in [0.15, 0.2) is 5.82 Å². The molecule has 0 bridgehead atoms. The van der Waals surface area contributed by atoms with Crippen molar-refractivity contribution in [1.29, 1.82) is 0 Å². The van der Waals surface area contributed by atoms with Crippen LogP contribution in [0.15, 0.2) is 0 Å². The lowest BCUT2D eigenvalue weighted by atomic mass is 10.5. The molecule has 1 radical (unpaired) electrons. The number of H-pyrrole nitrogens is 1. The second-order valence-electron chi connectivity index (χ2n) is 1.17. The van der Waals surface area contributed by atoms with Gasteiger partial charge >= 0.3 is 0 Å². The van der Waals surface area contributed by atoms with Crippen molar-refractivity contribution in [2.75, 3.05) is 0 Å². The van der Waals surface area contributed by atoms with Crippen LogP contribution in [-0.2, 0) is 6.42 Å². The lowest BCUT2D eigenvalue weighted by molar-refractivity contribution is 0.881. The molecule has 4 nitrogen and oxygen atoms in total. The summed E-state index contributed by atoms with van der Waals surface area (Å²) in [6.07, 6.45) is 0.502. The minimum absolute atomic E-state index is 0.502. The molecule has 8 heavy (non-hydrogen) atoms. The molecule has 0 fully saturated rings. The molecule has 0 aliphatic heterocycles. The molecule has 0 aromatic carbocycles. The Bertz CT molecular complexity index is 158. The minimum Gasteiger partial charge on any atom is -0.243 e. The maximum atomic E-state index is 4.43. The third-order valence-electron chi connectivity index (χ3n) is 0.629. The van der Waals surface area contributed by atoms with Crippen molar-refractivity contribution in [2.24, 2.45) is 0 Å². The first-order valence-corrected chi connectivity index (χ1v) is 2.42. The molecular weight excluding hydrogens is 124 g/mol. The maximum Gasteiger partial charge on any atom is 0.153 e. The fourth-order valence-electron chi connectivity index (χ4n) is 0.322. The van der Waals surface area contributed by atoms with E-state index in [0.29, 0.717) is 12.2 Å².